The molecule has 0 saturated carbocycles. The summed E-state index contributed by atoms with van der Waals surface area (Å²) in [6.45, 7) is 2.11. The molecule has 0 aromatic heterocycles. The average molecular weight is 336 g/mol. The summed E-state index contributed by atoms with van der Waals surface area (Å²) in [4.78, 5) is 0.279. The zero-order valence-electron chi connectivity index (χ0n) is 13.6. The summed E-state index contributed by atoms with van der Waals surface area (Å²) < 4.78 is 36.6. The van der Waals surface area contributed by atoms with Gasteiger partial charge in [0.05, 0.1) is 25.7 Å². The van der Waals surface area contributed by atoms with Crippen molar-refractivity contribution < 1.29 is 23.6 Å². The quantitative estimate of drug-likeness (QED) is 0.872. The minimum Gasteiger partial charge on any atom is -0.497 e. The first-order chi connectivity index (χ1) is 10.9. The Balaban J connectivity index is 2.56. The lowest BCUT2D eigenvalue weighted by Crippen LogP contribution is -2.54. The van der Waals surface area contributed by atoms with Crippen LogP contribution in [0.4, 0.5) is 0 Å². The molecule has 0 fully saturated rings. The van der Waals surface area contributed by atoms with Gasteiger partial charge in [0.15, 0.2) is 9.84 Å². The van der Waals surface area contributed by atoms with E-state index in [1.54, 1.807) is 49.6 Å². The molecule has 0 saturated heterocycles. The molecule has 2 rings (SSSR count). The molecule has 0 heterocycles. The minimum atomic E-state index is -3.58. The van der Waals surface area contributed by atoms with Gasteiger partial charge in [0.25, 0.3) is 0 Å². The minimum absolute atomic E-state index is 0.194. The number of quaternary nitrogens is 1. The monoisotopic (exact) mass is 336 g/mol. The molecule has 5 nitrogen and oxygen atoms in total. The third-order valence-electron chi connectivity index (χ3n) is 3.77. The fourth-order valence-corrected chi connectivity index (χ4v) is 4.13. The van der Waals surface area contributed by atoms with E-state index in [2.05, 4.69) is 5.73 Å². The van der Waals surface area contributed by atoms with Crippen LogP contribution < -0.4 is 15.2 Å². The van der Waals surface area contributed by atoms with Gasteiger partial charge in [-0.25, -0.2) is 8.42 Å². The Hall–Kier alpha value is -2.05. The van der Waals surface area contributed by atoms with Crippen LogP contribution >= 0.6 is 0 Å². The number of hydrogen-bond acceptors (Lipinski definition) is 4. The van der Waals surface area contributed by atoms with Crippen LogP contribution in [0.2, 0.25) is 0 Å². The summed E-state index contributed by atoms with van der Waals surface area (Å²) in [5.41, 5.74) is 5.39. The van der Waals surface area contributed by atoms with E-state index in [4.69, 9.17) is 9.47 Å². The van der Waals surface area contributed by atoms with Gasteiger partial charge in [0, 0.05) is 5.56 Å². The second-order valence-corrected chi connectivity index (χ2v) is 7.37. The summed E-state index contributed by atoms with van der Waals surface area (Å²) in [5.74, 6) is 1.09. The molecule has 0 bridgehead atoms. The van der Waals surface area contributed by atoms with Gasteiger partial charge in [-0.15, -0.1) is 0 Å². The van der Waals surface area contributed by atoms with Crippen LogP contribution in [0, 0.1) is 6.92 Å². The highest BCUT2D eigenvalue weighted by Crippen LogP contribution is 2.36. The lowest BCUT2D eigenvalue weighted by atomic mass is 10.1. The van der Waals surface area contributed by atoms with Crippen molar-refractivity contribution in [3.05, 3.63) is 53.6 Å². The van der Waals surface area contributed by atoms with Crippen LogP contribution in [-0.4, -0.2) is 29.2 Å². The first-order valence-corrected chi connectivity index (χ1v) is 8.80. The molecule has 6 heteroatoms. The van der Waals surface area contributed by atoms with Gasteiger partial charge >= 0.3 is 0 Å². The van der Waals surface area contributed by atoms with Gasteiger partial charge in [0.1, 0.15) is 16.7 Å². The van der Waals surface area contributed by atoms with Gasteiger partial charge in [-0.2, -0.15) is 0 Å². The standard InChI is InChI=1S/C17H21NO4S/c1-12-4-7-14(8-5-12)23(19,20)17(11-18)15-10-13(21-2)6-9-16(15)22-3/h4-10,17H,11,18H2,1-3H3/p+1/t17-/m1/s1. The highest BCUT2D eigenvalue weighted by molar-refractivity contribution is 7.91. The molecule has 124 valence electrons. The molecule has 0 aliphatic carbocycles. The molecule has 0 unspecified atom stereocenters. The van der Waals surface area contributed by atoms with Crippen molar-refractivity contribution in [3.8, 4) is 11.5 Å². The molecule has 0 aliphatic heterocycles. The maximum absolute atomic E-state index is 13.0. The lowest BCUT2D eigenvalue weighted by Gasteiger charge is -2.18. The molecule has 3 N–H and O–H groups in total. The van der Waals surface area contributed by atoms with Crippen molar-refractivity contribution in [2.45, 2.75) is 17.1 Å². The van der Waals surface area contributed by atoms with Gasteiger partial charge in [-0.05, 0) is 37.3 Å². The largest absolute Gasteiger partial charge is 0.497 e. The fraction of sp³-hybridized carbons (Fsp3) is 0.294. The average Bonchev–Trinajstić information content (AvgIpc) is 2.55. The van der Waals surface area contributed by atoms with Crippen LogP contribution in [0.5, 0.6) is 11.5 Å². The molecular weight excluding hydrogens is 314 g/mol. The maximum atomic E-state index is 13.0. The normalized spacial score (nSPS) is 12.7. The highest BCUT2D eigenvalue weighted by Gasteiger charge is 2.32. The van der Waals surface area contributed by atoms with E-state index in [0.717, 1.165) is 5.56 Å². The third-order valence-corrected chi connectivity index (χ3v) is 5.94. The smallest absolute Gasteiger partial charge is 0.191 e. The summed E-state index contributed by atoms with van der Waals surface area (Å²) >= 11 is 0. The van der Waals surface area contributed by atoms with Gasteiger partial charge < -0.3 is 15.2 Å². The maximum Gasteiger partial charge on any atom is 0.191 e. The van der Waals surface area contributed by atoms with E-state index in [0.29, 0.717) is 17.1 Å². The number of aryl methyl sites for hydroxylation is 1. The number of methoxy groups -OCH3 is 2. The molecule has 0 aliphatic rings. The van der Waals surface area contributed by atoms with E-state index < -0.39 is 15.1 Å². The second-order valence-electron chi connectivity index (χ2n) is 5.24. The van der Waals surface area contributed by atoms with Crippen molar-refractivity contribution in [1.82, 2.24) is 0 Å². The van der Waals surface area contributed by atoms with Crippen molar-refractivity contribution in [3.63, 3.8) is 0 Å². The third kappa shape index (κ3) is 3.48. The van der Waals surface area contributed by atoms with E-state index in [1.165, 1.54) is 7.11 Å². The van der Waals surface area contributed by atoms with Crippen molar-refractivity contribution in [2.24, 2.45) is 0 Å². The Morgan fingerprint density at radius 1 is 1.04 bits per heavy atom. The first kappa shape index (κ1) is 17.3. The topological polar surface area (TPSA) is 80.2 Å². The van der Waals surface area contributed by atoms with Crippen LogP contribution in [0.1, 0.15) is 16.4 Å². The van der Waals surface area contributed by atoms with Crippen molar-refractivity contribution >= 4 is 9.84 Å². The SMILES string of the molecule is COc1ccc(OC)c([C@@H](C[NH3+])S(=O)(=O)c2ccc(C)cc2)c1. The summed E-state index contributed by atoms with van der Waals surface area (Å²) in [5, 5.41) is -0.796. The van der Waals surface area contributed by atoms with E-state index >= 15 is 0 Å². The van der Waals surface area contributed by atoms with Crippen molar-refractivity contribution in [2.75, 3.05) is 20.8 Å². The number of benzene rings is 2. The Morgan fingerprint density at radius 2 is 1.70 bits per heavy atom. The Labute approximate surface area is 137 Å². The van der Waals surface area contributed by atoms with Crippen molar-refractivity contribution in [1.29, 1.82) is 0 Å². The number of rotatable bonds is 6. The highest BCUT2D eigenvalue weighted by atomic mass is 32.2. The fourth-order valence-electron chi connectivity index (χ4n) is 2.46. The van der Waals surface area contributed by atoms with E-state index in [1.807, 2.05) is 6.92 Å². The second kappa shape index (κ2) is 7.02. The number of hydrogen-bond donors (Lipinski definition) is 1. The zero-order valence-corrected chi connectivity index (χ0v) is 14.4. The Morgan fingerprint density at radius 3 is 2.22 bits per heavy atom. The van der Waals surface area contributed by atoms with Gasteiger partial charge in [-0.3, -0.25) is 0 Å². The van der Waals surface area contributed by atoms with Gasteiger partial charge in [0.2, 0.25) is 0 Å². The summed E-state index contributed by atoms with van der Waals surface area (Å²) in [6, 6.07) is 12.0. The van der Waals surface area contributed by atoms with Crippen LogP contribution in [0.15, 0.2) is 47.4 Å². The molecule has 0 spiro atoms. The summed E-state index contributed by atoms with van der Waals surface area (Å²) in [7, 11) is -0.518. The van der Waals surface area contributed by atoms with E-state index in [-0.39, 0.29) is 11.4 Å². The Bertz CT molecular complexity index is 770. The predicted molar refractivity (Wildman–Crippen MR) is 88.4 cm³/mol. The van der Waals surface area contributed by atoms with Crippen LogP contribution in [-0.2, 0) is 9.84 Å². The van der Waals surface area contributed by atoms with E-state index in [9.17, 15) is 8.42 Å². The van der Waals surface area contributed by atoms with Crippen LogP contribution in [0.25, 0.3) is 0 Å². The van der Waals surface area contributed by atoms with Crippen LogP contribution in [0.3, 0.4) is 0 Å². The molecule has 2 aromatic carbocycles. The number of ether oxygens (including phenoxy) is 2. The number of sulfone groups is 1. The predicted octanol–water partition coefficient (Wildman–Crippen LogP) is 1.77. The molecule has 2 aromatic rings. The zero-order chi connectivity index (χ0) is 17.0. The molecule has 0 radical (unpaired) electrons. The summed E-state index contributed by atoms with van der Waals surface area (Å²) in [6.07, 6.45) is 0. The lowest BCUT2D eigenvalue weighted by molar-refractivity contribution is -0.367. The Kier molecular flexibility index (Phi) is 5.28. The molecule has 23 heavy (non-hydrogen) atoms. The molecule has 0 amide bonds. The molecular formula is C17H22NO4S+. The van der Waals surface area contributed by atoms with Gasteiger partial charge in [-0.1, -0.05) is 17.7 Å². The molecule has 1 atom stereocenters. The first-order valence-electron chi connectivity index (χ1n) is 7.25.